The first-order valence-electron chi connectivity index (χ1n) is 10.0. The largest absolute Gasteiger partial charge is 0.494 e. The molecular formula is C22H25Cl2N3OS. The van der Waals surface area contributed by atoms with Gasteiger partial charge >= 0.3 is 0 Å². The van der Waals surface area contributed by atoms with E-state index in [2.05, 4.69) is 20.9 Å². The maximum atomic E-state index is 6.36. The summed E-state index contributed by atoms with van der Waals surface area (Å²) < 4.78 is 7.14. The van der Waals surface area contributed by atoms with Gasteiger partial charge in [-0.2, -0.15) is 0 Å². The van der Waals surface area contributed by atoms with Crippen LogP contribution in [0.4, 0.5) is 5.69 Å². The Morgan fingerprint density at radius 2 is 1.90 bits per heavy atom. The lowest BCUT2D eigenvalue weighted by Gasteiger charge is -2.36. The van der Waals surface area contributed by atoms with E-state index in [0.717, 1.165) is 74.1 Å². The molecule has 0 atom stereocenters. The van der Waals surface area contributed by atoms with Crippen molar-refractivity contribution < 1.29 is 4.74 Å². The zero-order chi connectivity index (χ0) is 20.2. The van der Waals surface area contributed by atoms with E-state index < -0.39 is 0 Å². The highest BCUT2D eigenvalue weighted by molar-refractivity contribution is 7.18. The number of anilines is 1. The Bertz CT molecular complexity index is 970. The first kappa shape index (κ1) is 20.7. The zero-order valence-corrected chi connectivity index (χ0v) is 18.9. The molecule has 4 rings (SSSR count). The molecule has 154 valence electrons. The van der Waals surface area contributed by atoms with E-state index >= 15 is 0 Å². The molecule has 1 fully saturated rings. The lowest BCUT2D eigenvalue weighted by Crippen LogP contribution is -2.46. The fraction of sp³-hybridized carbons (Fsp3) is 0.409. The van der Waals surface area contributed by atoms with E-state index in [-0.39, 0.29) is 0 Å². The quantitative estimate of drug-likeness (QED) is 0.420. The third kappa shape index (κ3) is 5.15. The van der Waals surface area contributed by atoms with Gasteiger partial charge in [0.1, 0.15) is 5.75 Å². The van der Waals surface area contributed by atoms with Crippen LogP contribution in [0, 0.1) is 6.92 Å². The molecule has 7 heteroatoms. The third-order valence-corrected chi connectivity index (χ3v) is 7.01. The van der Waals surface area contributed by atoms with Gasteiger partial charge in [-0.05, 0) is 50.6 Å². The summed E-state index contributed by atoms with van der Waals surface area (Å²) in [6.45, 7) is 7.92. The molecule has 0 aliphatic carbocycles. The number of piperazine rings is 1. The molecule has 0 unspecified atom stereocenters. The molecular weight excluding hydrogens is 425 g/mol. The summed E-state index contributed by atoms with van der Waals surface area (Å²) in [7, 11) is 0. The number of rotatable bonds is 7. The molecule has 1 aliphatic heterocycles. The Balaban J connectivity index is 1.16. The predicted molar refractivity (Wildman–Crippen MR) is 124 cm³/mol. The standard InChI is InChI=1S/C22H25Cl2N3OS/c1-16-25-19-15-17(7-8-21(19)29-16)28-14-3-2-9-26-10-12-27(13-11-26)20-6-4-5-18(23)22(20)24/h4-8,15H,2-3,9-14H2,1H3. The van der Waals surface area contributed by atoms with Gasteiger partial charge in [-0.15, -0.1) is 11.3 Å². The fourth-order valence-corrected chi connectivity index (χ4v) is 4.91. The van der Waals surface area contributed by atoms with Crippen LogP contribution in [0.15, 0.2) is 36.4 Å². The van der Waals surface area contributed by atoms with Gasteiger partial charge in [0.15, 0.2) is 0 Å². The molecule has 1 saturated heterocycles. The fourth-order valence-electron chi connectivity index (χ4n) is 3.69. The summed E-state index contributed by atoms with van der Waals surface area (Å²) in [5.41, 5.74) is 2.07. The number of fused-ring (bicyclic) bond motifs is 1. The number of aromatic nitrogens is 1. The normalized spacial score (nSPS) is 15.2. The topological polar surface area (TPSA) is 28.6 Å². The lowest BCUT2D eigenvalue weighted by atomic mass is 10.2. The van der Waals surface area contributed by atoms with Crippen LogP contribution < -0.4 is 9.64 Å². The van der Waals surface area contributed by atoms with Crippen LogP contribution in [0.1, 0.15) is 17.8 Å². The van der Waals surface area contributed by atoms with Gasteiger partial charge in [0.05, 0.1) is 37.6 Å². The van der Waals surface area contributed by atoms with Gasteiger partial charge in [0.2, 0.25) is 0 Å². The number of aryl methyl sites for hydroxylation is 1. The molecule has 3 aromatic rings. The van der Waals surface area contributed by atoms with Gasteiger partial charge in [-0.3, -0.25) is 4.90 Å². The molecule has 1 aromatic heterocycles. The summed E-state index contributed by atoms with van der Waals surface area (Å²) in [6.07, 6.45) is 2.18. The van der Waals surface area contributed by atoms with Crippen LogP contribution in [0.25, 0.3) is 10.2 Å². The molecule has 1 aliphatic rings. The first-order chi connectivity index (χ1) is 14.1. The summed E-state index contributed by atoms with van der Waals surface area (Å²) in [5.74, 6) is 0.912. The van der Waals surface area contributed by atoms with Crippen molar-refractivity contribution in [1.82, 2.24) is 9.88 Å². The van der Waals surface area contributed by atoms with Crippen molar-refractivity contribution in [3.63, 3.8) is 0 Å². The van der Waals surface area contributed by atoms with Gasteiger partial charge in [0.25, 0.3) is 0 Å². The van der Waals surface area contributed by atoms with Crippen LogP contribution in [0.5, 0.6) is 5.75 Å². The second-order valence-electron chi connectivity index (χ2n) is 7.32. The average Bonchev–Trinajstić information content (AvgIpc) is 3.10. The molecule has 2 heterocycles. The summed E-state index contributed by atoms with van der Waals surface area (Å²) in [6, 6.07) is 12.0. The van der Waals surface area contributed by atoms with Crippen LogP contribution in [0.3, 0.4) is 0 Å². The van der Waals surface area contributed by atoms with Gasteiger partial charge < -0.3 is 9.64 Å². The SMILES string of the molecule is Cc1nc2cc(OCCCCN3CCN(c4cccc(Cl)c4Cl)CC3)ccc2s1. The summed E-state index contributed by atoms with van der Waals surface area (Å²) in [5, 5.41) is 2.37. The number of unbranched alkanes of at least 4 members (excludes halogenated alkanes) is 1. The van der Waals surface area contributed by atoms with Gasteiger partial charge in [0, 0.05) is 32.2 Å². The second kappa shape index (κ2) is 9.52. The van der Waals surface area contributed by atoms with E-state index in [1.165, 1.54) is 4.70 Å². The monoisotopic (exact) mass is 449 g/mol. The Kier molecular flexibility index (Phi) is 6.81. The van der Waals surface area contributed by atoms with Gasteiger partial charge in [-0.1, -0.05) is 29.3 Å². The lowest BCUT2D eigenvalue weighted by molar-refractivity contribution is 0.238. The molecule has 0 amide bonds. The highest BCUT2D eigenvalue weighted by atomic mass is 35.5. The number of hydrogen-bond donors (Lipinski definition) is 0. The van der Waals surface area contributed by atoms with Crippen molar-refractivity contribution >= 4 is 50.4 Å². The zero-order valence-electron chi connectivity index (χ0n) is 16.5. The van der Waals surface area contributed by atoms with Crippen molar-refractivity contribution in [2.75, 3.05) is 44.2 Å². The number of ether oxygens (including phenoxy) is 1. The van der Waals surface area contributed by atoms with E-state index in [4.69, 9.17) is 27.9 Å². The molecule has 29 heavy (non-hydrogen) atoms. The van der Waals surface area contributed by atoms with Crippen LogP contribution in [0.2, 0.25) is 10.0 Å². The Labute approximate surface area is 186 Å². The van der Waals surface area contributed by atoms with Crippen LogP contribution in [-0.4, -0.2) is 49.2 Å². The number of nitrogens with zero attached hydrogens (tertiary/aromatic N) is 3. The molecule has 0 radical (unpaired) electrons. The summed E-state index contributed by atoms with van der Waals surface area (Å²) >= 11 is 14.2. The van der Waals surface area contributed by atoms with E-state index in [1.54, 1.807) is 11.3 Å². The van der Waals surface area contributed by atoms with Gasteiger partial charge in [-0.25, -0.2) is 4.98 Å². The Morgan fingerprint density at radius 3 is 2.72 bits per heavy atom. The minimum absolute atomic E-state index is 0.621. The second-order valence-corrected chi connectivity index (χ2v) is 9.34. The third-order valence-electron chi connectivity index (χ3n) is 5.25. The number of thiazole rings is 1. The Hall–Kier alpha value is -1.53. The predicted octanol–water partition coefficient (Wildman–Crippen LogP) is 5.89. The average molecular weight is 450 g/mol. The van der Waals surface area contributed by atoms with E-state index in [1.807, 2.05) is 37.3 Å². The highest BCUT2D eigenvalue weighted by Crippen LogP contribution is 2.33. The van der Waals surface area contributed by atoms with Crippen LogP contribution >= 0.6 is 34.5 Å². The maximum Gasteiger partial charge on any atom is 0.121 e. The number of halogens is 2. The molecule has 0 spiro atoms. The number of hydrogen-bond acceptors (Lipinski definition) is 5. The maximum absolute atomic E-state index is 6.36. The molecule has 0 saturated carbocycles. The van der Waals surface area contributed by atoms with Crippen molar-refractivity contribution in [1.29, 1.82) is 0 Å². The smallest absolute Gasteiger partial charge is 0.121 e. The van der Waals surface area contributed by atoms with Crippen molar-refractivity contribution in [2.45, 2.75) is 19.8 Å². The van der Waals surface area contributed by atoms with Crippen molar-refractivity contribution in [3.8, 4) is 5.75 Å². The molecule has 4 nitrogen and oxygen atoms in total. The van der Waals surface area contributed by atoms with Crippen LogP contribution in [-0.2, 0) is 0 Å². The van der Waals surface area contributed by atoms with Crippen molar-refractivity contribution in [2.24, 2.45) is 0 Å². The summed E-state index contributed by atoms with van der Waals surface area (Å²) in [4.78, 5) is 9.37. The minimum Gasteiger partial charge on any atom is -0.494 e. The molecule has 2 aromatic carbocycles. The minimum atomic E-state index is 0.621. The van der Waals surface area contributed by atoms with E-state index in [9.17, 15) is 0 Å². The van der Waals surface area contributed by atoms with E-state index in [0.29, 0.717) is 10.0 Å². The molecule has 0 N–H and O–H groups in total. The Morgan fingerprint density at radius 1 is 1.07 bits per heavy atom. The first-order valence-corrected chi connectivity index (χ1v) is 11.6. The highest BCUT2D eigenvalue weighted by Gasteiger charge is 2.19. The number of benzene rings is 2. The molecule has 0 bridgehead atoms. The van der Waals surface area contributed by atoms with Crippen molar-refractivity contribution in [3.05, 3.63) is 51.5 Å².